The van der Waals surface area contributed by atoms with E-state index in [1.165, 1.54) is 18.9 Å². The normalized spacial score (nSPS) is 24.6. The summed E-state index contributed by atoms with van der Waals surface area (Å²) < 4.78 is 4.72. The average molecular weight is 455 g/mol. The number of hydrogen-bond acceptors (Lipinski definition) is 5. The lowest BCUT2D eigenvalue weighted by atomic mass is 9.97. The van der Waals surface area contributed by atoms with E-state index in [9.17, 15) is 14.7 Å². The second-order valence-corrected chi connectivity index (χ2v) is 9.79. The highest BCUT2D eigenvalue weighted by molar-refractivity contribution is 8.00. The number of unbranched alkanes of at least 4 members (excludes halogenated alkanes) is 1. The molecule has 32 heavy (non-hydrogen) atoms. The fourth-order valence-electron chi connectivity index (χ4n) is 4.73. The second kappa shape index (κ2) is 9.96. The molecule has 2 amide bonds. The van der Waals surface area contributed by atoms with Crippen molar-refractivity contribution in [2.24, 2.45) is 0 Å². The fourth-order valence-corrected chi connectivity index (χ4v) is 6.29. The van der Waals surface area contributed by atoms with Gasteiger partial charge in [-0.25, -0.2) is 4.79 Å². The molecule has 1 N–H and O–H groups in total. The summed E-state index contributed by atoms with van der Waals surface area (Å²) in [6.07, 6.45) is 2.24. The molecular weight excluding hydrogens is 424 g/mol. The average Bonchev–Trinajstić information content (AvgIpc) is 3.28. The maximum Gasteiger partial charge on any atom is 0.321 e. The van der Waals surface area contributed by atoms with E-state index in [4.69, 9.17) is 4.74 Å². The Bertz CT molecular complexity index is 926. The summed E-state index contributed by atoms with van der Waals surface area (Å²) in [5.74, 6) is 0.465. The lowest BCUT2D eigenvalue weighted by Crippen LogP contribution is -2.48. The maximum atomic E-state index is 13.5. The van der Waals surface area contributed by atoms with Crippen LogP contribution < -0.4 is 0 Å². The third-order valence-corrected chi connectivity index (χ3v) is 7.80. The standard InChI is InChI=1S/C25H30N2O4S/c1-31-22(28)14-8-9-15-25(30)23-21(18-32-25)26(16-19-10-4-2-5-11-19)24(29)27(23)17-20-12-6-3-7-13-20/h2-7,10-13,21,23,30H,8-9,14-18H2,1H3/t21-,23-,25?/m0/s1. The first kappa shape index (κ1) is 22.7. The van der Waals surface area contributed by atoms with Crippen LogP contribution in [0.5, 0.6) is 0 Å². The lowest BCUT2D eigenvalue weighted by molar-refractivity contribution is -0.140. The number of methoxy groups -OCH3 is 1. The molecule has 2 aromatic carbocycles. The molecule has 2 aliphatic rings. The Kier molecular flexibility index (Phi) is 7.06. The van der Waals surface area contributed by atoms with E-state index in [0.29, 0.717) is 44.5 Å². The van der Waals surface area contributed by atoms with E-state index in [-0.39, 0.29) is 24.1 Å². The summed E-state index contributed by atoms with van der Waals surface area (Å²) in [4.78, 5) is 27.7. The highest BCUT2D eigenvalue weighted by atomic mass is 32.2. The van der Waals surface area contributed by atoms with Crippen molar-refractivity contribution in [3.05, 3.63) is 71.8 Å². The van der Waals surface area contributed by atoms with Crippen LogP contribution in [0.4, 0.5) is 4.79 Å². The molecule has 0 spiro atoms. The van der Waals surface area contributed by atoms with Crippen LogP contribution in [-0.2, 0) is 22.6 Å². The molecule has 1 unspecified atom stereocenters. The minimum atomic E-state index is -1.03. The molecule has 0 aliphatic carbocycles. The van der Waals surface area contributed by atoms with Gasteiger partial charge < -0.3 is 19.6 Å². The van der Waals surface area contributed by atoms with Gasteiger partial charge in [0.05, 0.1) is 19.2 Å². The van der Waals surface area contributed by atoms with Gasteiger partial charge in [0, 0.05) is 25.3 Å². The van der Waals surface area contributed by atoms with Gasteiger partial charge in [0.2, 0.25) is 0 Å². The first-order chi connectivity index (χ1) is 15.5. The van der Waals surface area contributed by atoms with Gasteiger partial charge in [-0.15, -0.1) is 11.8 Å². The van der Waals surface area contributed by atoms with Crippen molar-refractivity contribution in [2.45, 2.75) is 55.8 Å². The van der Waals surface area contributed by atoms with Gasteiger partial charge in [-0.2, -0.15) is 0 Å². The summed E-state index contributed by atoms with van der Waals surface area (Å²) in [6, 6.07) is 19.6. The van der Waals surface area contributed by atoms with E-state index in [1.807, 2.05) is 70.5 Å². The number of carbonyl (C=O) groups is 2. The van der Waals surface area contributed by atoms with Crippen LogP contribution in [0.1, 0.15) is 36.8 Å². The molecule has 2 aromatic rings. The zero-order chi connectivity index (χ0) is 22.6. The van der Waals surface area contributed by atoms with Crippen molar-refractivity contribution in [1.82, 2.24) is 9.80 Å². The van der Waals surface area contributed by atoms with E-state index >= 15 is 0 Å². The van der Waals surface area contributed by atoms with Crippen molar-refractivity contribution < 1.29 is 19.4 Å². The first-order valence-corrected chi connectivity index (χ1v) is 12.1. The van der Waals surface area contributed by atoms with Gasteiger partial charge in [-0.05, 0) is 30.4 Å². The van der Waals surface area contributed by atoms with Gasteiger partial charge in [0.15, 0.2) is 0 Å². The zero-order valence-corrected chi connectivity index (χ0v) is 19.2. The molecule has 2 saturated heterocycles. The topological polar surface area (TPSA) is 70.1 Å². The Labute approximate surface area is 193 Å². The largest absolute Gasteiger partial charge is 0.469 e. The van der Waals surface area contributed by atoms with Crippen molar-refractivity contribution in [1.29, 1.82) is 0 Å². The molecule has 3 atom stereocenters. The number of fused-ring (bicyclic) bond motifs is 1. The number of rotatable bonds is 9. The predicted octanol–water partition coefficient (Wildman–Crippen LogP) is 4.03. The minimum absolute atomic E-state index is 0.0269. The van der Waals surface area contributed by atoms with Gasteiger partial charge in [0.1, 0.15) is 4.93 Å². The number of nitrogens with zero attached hydrogens (tertiary/aromatic N) is 2. The van der Waals surface area contributed by atoms with Gasteiger partial charge >= 0.3 is 12.0 Å². The number of carbonyl (C=O) groups excluding carboxylic acids is 2. The third-order valence-electron chi connectivity index (χ3n) is 6.34. The Hall–Kier alpha value is -2.51. The van der Waals surface area contributed by atoms with E-state index in [2.05, 4.69) is 0 Å². The number of benzene rings is 2. The Morgan fingerprint density at radius 2 is 1.62 bits per heavy atom. The Balaban J connectivity index is 1.54. The Morgan fingerprint density at radius 1 is 1.03 bits per heavy atom. The van der Waals surface area contributed by atoms with Crippen LogP contribution >= 0.6 is 11.8 Å². The molecule has 0 radical (unpaired) electrons. The number of hydrogen-bond donors (Lipinski definition) is 1. The van der Waals surface area contributed by atoms with E-state index in [1.54, 1.807) is 0 Å². The van der Waals surface area contributed by atoms with Crippen LogP contribution in [0, 0.1) is 0 Å². The fraction of sp³-hybridized carbons (Fsp3) is 0.440. The second-order valence-electron chi connectivity index (χ2n) is 8.46. The highest BCUT2D eigenvalue weighted by Crippen LogP contribution is 2.48. The number of thioether (sulfide) groups is 1. The van der Waals surface area contributed by atoms with Gasteiger partial charge in [-0.3, -0.25) is 4.79 Å². The molecule has 0 saturated carbocycles. The number of aliphatic hydroxyl groups is 1. The molecule has 2 fully saturated rings. The van der Waals surface area contributed by atoms with E-state index in [0.717, 1.165) is 11.1 Å². The van der Waals surface area contributed by atoms with Crippen molar-refractivity contribution in [3.63, 3.8) is 0 Å². The number of esters is 1. The molecule has 7 heteroatoms. The summed E-state index contributed by atoms with van der Waals surface area (Å²) in [6.45, 7) is 1.00. The van der Waals surface area contributed by atoms with Crippen LogP contribution in [0.25, 0.3) is 0 Å². The SMILES string of the molecule is COC(=O)CCCCC1(O)SC[C@H]2[C@@H]1N(Cc1ccccc1)C(=O)N2Cc1ccccc1. The monoisotopic (exact) mass is 454 g/mol. The Morgan fingerprint density at radius 3 is 2.22 bits per heavy atom. The van der Waals surface area contributed by atoms with Crippen molar-refractivity contribution in [2.75, 3.05) is 12.9 Å². The number of amides is 2. The summed E-state index contributed by atoms with van der Waals surface area (Å²) in [7, 11) is 1.39. The maximum absolute atomic E-state index is 13.5. The summed E-state index contributed by atoms with van der Waals surface area (Å²) in [5, 5.41) is 11.7. The van der Waals surface area contributed by atoms with Crippen LogP contribution in [-0.4, -0.2) is 56.8 Å². The predicted molar refractivity (Wildman–Crippen MR) is 125 cm³/mol. The quantitative estimate of drug-likeness (QED) is 0.352. The van der Waals surface area contributed by atoms with Gasteiger partial charge in [-0.1, -0.05) is 60.7 Å². The smallest absolute Gasteiger partial charge is 0.321 e. The number of ether oxygens (including phenoxy) is 1. The summed E-state index contributed by atoms with van der Waals surface area (Å²) >= 11 is 1.54. The number of urea groups is 1. The van der Waals surface area contributed by atoms with Gasteiger partial charge in [0.25, 0.3) is 0 Å². The zero-order valence-electron chi connectivity index (χ0n) is 18.4. The van der Waals surface area contributed by atoms with Crippen LogP contribution in [0.3, 0.4) is 0 Å². The molecule has 2 heterocycles. The molecule has 4 rings (SSSR count). The van der Waals surface area contributed by atoms with Crippen molar-refractivity contribution >= 4 is 23.8 Å². The molecule has 2 aliphatic heterocycles. The minimum Gasteiger partial charge on any atom is -0.469 e. The lowest BCUT2D eigenvalue weighted by Gasteiger charge is -2.34. The van der Waals surface area contributed by atoms with Crippen molar-refractivity contribution in [3.8, 4) is 0 Å². The molecule has 0 bridgehead atoms. The third kappa shape index (κ3) is 4.79. The highest BCUT2D eigenvalue weighted by Gasteiger charge is 2.59. The molecule has 0 aromatic heterocycles. The van der Waals surface area contributed by atoms with Crippen LogP contribution in [0.2, 0.25) is 0 Å². The first-order valence-electron chi connectivity index (χ1n) is 11.1. The molecular formula is C25H30N2O4S. The van der Waals surface area contributed by atoms with Crippen LogP contribution in [0.15, 0.2) is 60.7 Å². The van der Waals surface area contributed by atoms with E-state index < -0.39 is 4.93 Å². The summed E-state index contributed by atoms with van der Waals surface area (Å²) in [5.41, 5.74) is 2.13. The molecule has 170 valence electrons. The molecule has 6 nitrogen and oxygen atoms in total.